The molecule has 1 aliphatic carbocycles. The number of allylic oxidation sites excluding steroid dienone is 3. The summed E-state index contributed by atoms with van der Waals surface area (Å²) in [6, 6.07) is 7.27. The maximum atomic E-state index is 13.5. The van der Waals surface area contributed by atoms with Crippen molar-refractivity contribution < 1.29 is 19.0 Å². The second kappa shape index (κ2) is 11.1. The Hall–Kier alpha value is -3.31. The summed E-state index contributed by atoms with van der Waals surface area (Å²) in [6.45, 7) is 6.29. The number of morpholine rings is 1. The Bertz CT molecular complexity index is 1610. The maximum Gasteiger partial charge on any atom is 0.262 e. The highest BCUT2D eigenvalue weighted by Gasteiger charge is 2.35. The number of likely N-dealkylation sites (tertiary alicyclic amines) is 1. The molecule has 0 saturated carbocycles. The Labute approximate surface area is 248 Å². The molecule has 0 spiro atoms. The molecule has 2 N–H and O–H groups in total. The van der Waals surface area contributed by atoms with Crippen molar-refractivity contribution in [1.82, 2.24) is 24.3 Å². The van der Waals surface area contributed by atoms with Crippen LogP contribution in [0.2, 0.25) is 5.15 Å². The van der Waals surface area contributed by atoms with Crippen LogP contribution in [-0.2, 0) is 11.3 Å². The zero-order chi connectivity index (χ0) is 29.6. The molecule has 1 aromatic carbocycles. The van der Waals surface area contributed by atoms with Gasteiger partial charge in [-0.15, -0.1) is 0 Å². The van der Waals surface area contributed by atoms with Gasteiger partial charge in [-0.3, -0.25) is 18.7 Å². The molecule has 9 nitrogen and oxygen atoms in total. The van der Waals surface area contributed by atoms with Gasteiger partial charge < -0.3 is 20.1 Å². The molecule has 4 heterocycles. The fourth-order valence-corrected chi connectivity index (χ4v) is 6.27. The lowest BCUT2D eigenvalue weighted by molar-refractivity contribution is -0.0642. The molecule has 2 atom stereocenters. The van der Waals surface area contributed by atoms with Crippen LogP contribution in [0.15, 0.2) is 59.7 Å². The SMILES string of the molecule is CC1(C)CN[C@@H](C2C=CC(n3c(Cl)cc4c(=O)n(CC5(O)CCN(C(=O)c6ccc(F)cc6)CC5)cnc43)=CC2)CO1. The number of piperidine rings is 1. The minimum absolute atomic E-state index is 0.0493. The van der Waals surface area contributed by atoms with Crippen LogP contribution in [0.4, 0.5) is 4.39 Å². The number of carbonyl (C=O) groups is 1. The van der Waals surface area contributed by atoms with Crippen LogP contribution in [-0.4, -0.2) is 73.5 Å². The van der Waals surface area contributed by atoms with Gasteiger partial charge in [0.2, 0.25) is 0 Å². The number of rotatable bonds is 5. The van der Waals surface area contributed by atoms with Crippen molar-refractivity contribution in [3.8, 4) is 0 Å². The molecule has 3 aromatic rings. The van der Waals surface area contributed by atoms with Gasteiger partial charge >= 0.3 is 0 Å². The number of nitrogens with one attached hydrogen (secondary N) is 1. The van der Waals surface area contributed by atoms with Crippen LogP contribution in [0.5, 0.6) is 0 Å². The number of hydrogen-bond donors (Lipinski definition) is 2. The van der Waals surface area contributed by atoms with E-state index in [9.17, 15) is 19.1 Å². The summed E-state index contributed by atoms with van der Waals surface area (Å²) in [7, 11) is 0. The van der Waals surface area contributed by atoms with Gasteiger partial charge in [0.1, 0.15) is 17.3 Å². The highest BCUT2D eigenvalue weighted by molar-refractivity contribution is 6.31. The van der Waals surface area contributed by atoms with E-state index in [0.717, 1.165) is 18.7 Å². The molecule has 0 radical (unpaired) electrons. The number of halogens is 2. The Morgan fingerprint density at radius 3 is 2.62 bits per heavy atom. The Kier molecular flexibility index (Phi) is 7.59. The van der Waals surface area contributed by atoms with E-state index in [0.29, 0.717) is 54.3 Å². The molecular weight excluding hydrogens is 561 g/mol. The number of fused-ring (bicyclic) bond motifs is 1. The summed E-state index contributed by atoms with van der Waals surface area (Å²) in [5, 5.41) is 15.7. The summed E-state index contributed by atoms with van der Waals surface area (Å²) < 4.78 is 22.4. The number of aromatic nitrogens is 3. The second-order valence-electron chi connectivity index (χ2n) is 12.2. The first-order valence-corrected chi connectivity index (χ1v) is 14.7. The van der Waals surface area contributed by atoms with Gasteiger partial charge in [0.15, 0.2) is 5.65 Å². The number of hydrogen-bond acceptors (Lipinski definition) is 6. The molecule has 3 aliphatic rings. The number of benzene rings is 1. The molecule has 1 unspecified atom stereocenters. The van der Waals surface area contributed by atoms with E-state index in [2.05, 4.69) is 36.3 Å². The smallest absolute Gasteiger partial charge is 0.262 e. The third-order valence-corrected chi connectivity index (χ3v) is 8.89. The molecule has 2 saturated heterocycles. The Morgan fingerprint density at radius 2 is 1.98 bits per heavy atom. The van der Waals surface area contributed by atoms with Crippen LogP contribution >= 0.6 is 11.6 Å². The molecule has 11 heteroatoms. The van der Waals surface area contributed by atoms with Crippen molar-refractivity contribution in [2.24, 2.45) is 5.92 Å². The minimum atomic E-state index is -1.18. The Balaban J connectivity index is 1.14. The third-order valence-electron chi connectivity index (χ3n) is 8.61. The van der Waals surface area contributed by atoms with Crippen molar-refractivity contribution in [3.63, 3.8) is 0 Å². The van der Waals surface area contributed by atoms with Gasteiger partial charge in [-0.1, -0.05) is 23.8 Å². The monoisotopic (exact) mass is 595 g/mol. The van der Waals surface area contributed by atoms with Crippen LogP contribution < -0.4 is 10.9 Å². The lowest BCUT2D eigenvalue weighted by Crippen LogP contribution is -2.54. The number of aliphatic hydroxyl groups is 1. The van der Waals surface area contributed by atoms with E-state index < -0.39 is 11.4 Å². The highest BCUT2D eigenvalue weighted by atomic mass is 35.5. The first-order valence-electron chi connectivity index (χ1n) is 14.3. The Morgan fingerprint density at radius 1 is 1.24 bits per heavy atom. The largest absolute Gasteiger partial charge is 0.388 e. The normalized spacial score (nSPS) is 23.6. The van der Waals surface area contributed by atoms with Gasteiger partial charge in [0.25, 0.3) is 11.5 Å². The predicted molar refractivity (Wildman–Crippen MR) is 159 cm³/mol. The molecule has 2 aromatic heterocycles. The fraction of sp³-hybridized carbons (Fsp3) is 0.452. The standard InChI is InChI=1S/C31H35ClFN5O4/c1-30(2)17-34-25(16-42-30)20-5-9-23(10-6-20)38-26(32)15-24-27(38)35-19-37(29(24)40)18-31(41)11-13-36(14-12-31)28(39)21-3-7-22(33)8-4-21/h3-5,7-10,15,19-20,25,34,41H,6,11-14,16-18H2,1-2H3/t20?,25-/m1/s1. The van der Waals surface area contributed by atoms with Gasteiger partial charge in [-0.25, -0.2) is 9.37 Å². The van der Waals surface area contributed by atoms with Crippen molar-refractivity contribution in [1.29, 1.82) is 0 Å². The highest BCUT2D eigenvalue weighted by Crippen LogP contribution is 2.31. The number of ether oxygens (including phenoxy) is 1. The van der Waals surface area contributed by atoms with Crippen LogP contribution in [0, 0.1) is 11.7 Å². The predicted octanol–water partition coefficient (Wildman–Crippen LogP) is 3.84. The zero-order valence-corrected chi connectivity index (χ0v) is 24.5. The van der Waals surface area contributed by atoms with E-state index in [1.807, 2.05) is 6.08 Å². The van der Waals surface area contributed by atoms with Crippen LogP contribution in [0.25, 0.3) is 16.7 Å². The van der Waals surface area contributed by atoms with Crippen molar-refractivity contribution >= 4 is 34.2 Å². The maximum absolute atomic E-state index is 13.5. The first-order chi connectivity index (χ1) is 20.0. The molecule has 2 fully saturated rings. The van der Waals surface area contributed by atoms with Crippen molar-refractivity contribution in [2.45, 2.75) is 56.9 Å². The molecule has 2 aliphatic heterocycles. The number of carbonyl (C=O) groups excluding carboxylic acids is 1. The second-order valence-corrected chi connectivity index (χ2v) is 12.6. The summed E-state index contributed by atoms with van der Waals surface area (Å²) in [4.78, 5) is 32.5. The summed E-state index contributed by atoms with van der Waals surface area (Å²) >= 11 is 6.63. The lowest BCUT2D eigenvalue weighted by atomic mass is 9.90. The van der Waals surface area contributed by atoms with E-state index in [4.69, 9.17) is 16.3 Å². The van der Waals surface area contributed by atoms with Crippen LogP contribution in [0.3, 0.4) is 0 Å². The lowest BCUT2D eigenvalue weighted by Gasteiger charge is -2.39. The molecule has 222 valence electrons. The van der Waals surface area contributed by atoms with Gasteiger partial charge in [-0.05, 0) is 75.4 Å². The molecule has 1 amide bonds. The average Bonchev–Trinajstić information content (AvgIpc) is 3.31. The van der Waals surface area contributed by atoms with Gasteiger partial charge in [-0.2, -0.15) is 0 Å². The number of amides is 1. The number of nitrogens with zero attached hydrogens (tertiary/aromatic N) is 4. The van der Waals surface area contributed by atoms with E-state index in [-0.39, 0.29) is 35.6 Å². The van der Waals surface area contributed by atoms with E-state index in [1.165, 1.54) is 35.2 Å². The molecule has 42 heavy (non-hydrogen) atoms. The van der Waals surface area contributed by atoms with Gasteiger partial charge in [0.05, 0.1) is 29.7 Å². The molecule has 6 rings (SSSR count). The van der Waals surface area contributed by atoms with Crippen molar-refractivity contribution in [3.05, 3.63) is 81.8 Å². The molecule has 0 bridgehead atoms. The zero-order valence-electron chi connectivity index (χ0n) is 23.7. The van der Waals surface area contributed by atoms with Crippen LogP contribution in [0.1, 0.15) is 43.5 Å². The first kappa shape index (κ1) is 28.8. The third kappa shape index (κ3) is 5.68. The quantitative estimate of drug-likeness (QED) is 0.465. The van der Waals surface area contributed by atoms with Crippen molar-refractivity contribution in [2.75, 3.05) is 26.2 Å². The fourth-order valence-electron chi connectivity index (χ4n) is 5.99. The summed E-state index contributed by atoms with van der Waals surface area (Å²) in [6.07, 6.45) is 9.11. The summed E-state index contributed by atoms with van der Waals surface area (Å²) in [5.74, 6) is -0.327. The van der Waals surface area contributed by atoms with E-state index >= 15 is 0 Å². The van der Waals surface area contributed by atoms with Gasteiger partial charge in [0, 0.05) is 36.9 Å². The average molecular weight is 596 g/mol. The summed E-state index contributed by atoms with van der Waals surface area (Å²) in [5.41, 5.74) is 0.0805. The minimum Gasteiger partial charge on any atom is -0.388 e. The topological polar surface area (TPSA) is 102 Å². The van der Waals surface area contributed by atoms with E-state index in [1.54, 1.807) is 15.5 Å². The molecular formula is C31H35ClFN5O4.